The van der Waals surface area contributed by atoms with Crippen LogP contribution in [0, 0.1) is 0 Å². The summed E-state index contributed by atoms with van der Waals surface area (Å²) < 4.78 is 0. The van der Waals surface area contributed by atoms with E-state index in [4.69, 9.17) is 19.9 Å². The van der Waals surface area contributed by atoms with E-state index in [1.807, 2.05) is 24.5 Å². The van der Waals surface area contributed by atoms with Crippen LogP contribution < -0.4 is 9.80 Å². The maximum Gasteiger partial charge on any atom is 0.161 e. The van der Waals surface area contributed by atoms with Crippen LogP contribution in [0.2, 0.25) is 0 Å². The number of fused-ring (bicyclic) bond motifs is 2. The number of benzene rings is 1. The van der Waals surface area contributed by atoms with Crippen molar-refractivity contribution in [2.45, 2.75) is 24.7 Å². The highest BCUT2D eigenvalue weighted by Crippen LogP contribution is 2.36. The first-order valence-corrected chi connectivity index (χ1v) is 12.7. The summed E-state index contributed by atoms with van der Waals surface area (Å²) in [6, 6.07) is 20.9. The minimum absolute atomic E-state index is 0.356. The monoisotopic (exact) mass is 473 g/mol. The van der Waals surface area contributed by atoms with E-state index in [0.29, 0.717) is 11.8 Å². The second-order valence-electron chi connectivity index (χ2n) is 9.78. The van der Waals surface area contributed by atoms with Crippen molar-refractivity contribution in [1.29, 1.82) is 0 Å². The summed E-state index contributed by atoms with van der Waals surface area (Å²) in [5.41, 5.74) is 4.19. The van der Waals surface area contributed by atoms with Crippen LogP contribution in [0.5, 0.6) is 0 Å². The zero-order chi connectivity index (χ0) is 23.9. The van der Waals surface area contributed by atoms with Crippen molar-refractivity contribution in [2.75, 3.05) is 36.0 Å². The number of rotatable bonds is 4. The van der Waals surface area contributed by atoms with E-state index in [2.05, 4.69) is 63.3 Å². The van der Waals surface area contributed by atoms with Crippen LogP contribution >= 0.6 is 0 Å². The summed E-state index contributed by atoms with van der Waals surface area (Å²) in [6.07, 6.45) is 7.59. The molecule has 7 rings (SSSR count). The zero-order valence-electron chi connectivity index (χ0n) is 20.0. The van der Waals surface area contributed by atoms with E-state index in [1.54, 1.807) is 6.20 Å². The third-order valence-corrected chi connectivity index (χ3v) is 7.58. The number of piperidine rings is 1. The number of aromatic nitrogens is 5. The molecule has 2 aliphatic heterocycles. The van der Waals surface area contributed by atoms with E-state index >= 15 is 0 Å². The Balaban J connectivity index is 1.04. The van der Waals surface area contributed by atoms with Crippen molar-refractivity contribution in [3.8, 4) is 0 Å². The largest absolute Gasteiger partial charge is 0.355 e. The molecular weight excluding hydrogens is 446 g/mol. The average molecular weight is 474 g/mol. The third kappa shape index (κ3) is 3.81. The highest BCUT2D eigenvalue weighted by atomic mass is 15.3. The average Bonchev–Trinajstić information content (AvgIpc) is 2.92. The van der Waals surface area contributed by atoms with Gasteiger partial charge < -0.3 is 9.80 Å². The van der Waals surface area contributed by atoms with Crippen LogP contribution in [-0.2, 0) is 0 Å². The van der Waals surface area contributed by atoms with Gasteiger partial charge in [0.05, 0.1) is 11.2 Å². The van der Waals surface area contributed by atoms with Gasteiger partial charge in [-0.2, -0.15) is 0 Å². The van der Waals surface area contributed by atoms with Gasteiger partial charge in [-0.3, -0.25) is 9.97 Å². The Kier molecular flexibility index (Phi) is 5.19. The molecule has 2 aliphatic rings. The van der Waals surface area contributed by atoms with E-state index in [-0.39, 0.29) is 0 Å². The molecule has 2 saturated heterocycles. The highest BCUT2D eigenvalue weighted by Gasteiger charge is 2.34. The Bertz CT molecular complexity index is 1540. The molecule has 1 aromatic carbocycles. The Hall–Kier alpha value is -4.13. The molecule has 0 aliphatic carbocycles. The van der Waals surface area contributed by atoms with Crippen LogP contribution in [-0.4, -0.2) is 51.1 Å². The van der Waals surface area contributed by atoms with Crippen molar-refractivity contribution >= 4 is 33.6 Å². The third-order valence-electron chi connectivity index (χ3n) is 7.58. The molecule has 0 saturated carbocycles. The minimum Gasteiger partial charge on any atom is -0.355 e. The van der Waals surface area contributed by atoms with Gasteiger partial charge in [0.1, 0.15) is 5.82 Å². The molecule has 2 fully saturated rings. The first-order chi connectivity index (χ1) is 17.8. The normalized spacial score (nSPS) is 17.0. The molecule has 0 N–H and O–H groups in total. The van der Waals surface area contributed by atoms with Gasteiger partial charge in [-0.15, -0.1) is 0 Å². The maximum absolute atomic E-state index is 4.96. The Morgan fingerprint density at radius 1 is 0.639 bits per heavy atom. The zero-order valence-corrected chi connectivity index (χ0v) is 20.0. The van der Waals surface area contributed by atoms with Crippen LogP contribution in [0.3, 0.4) is 0 Å². The Labute approximate surface area is 209 Å². The predicted molar refractivity (Wildman–Crippen MR) is 142 cm³/mol. The molecule has 0 bridgehead atoms. The summed E-state index contributed by atoms with van der Waals surface area (Å²) in [7, 11) is 0. The molecular formula is C29H27N7. The lowest BCUT2D eigenvalue weighted by Gasteiger charge is -2.41. The second kappa shape index (κ2) is 8.82. The van der Waals surface area contributed by atoms with E-state index in [1.165, 1.54) is 11.1 Å². The fourth-order valence-corrected chi connectivity index (χ4v) is 5.53. The SMILES string of the molecule is c1ccc2nc(C3CCN(c4nccnc4C4CN(c5ccc6cccnc6n5)C4)CC3)ccc2c1. The van der Waals surface area contributed by atoms with Gasteiger partial charge in [0, 0.05) is 73.1 Å². The number of nitrogens with zero attached hydrogens (tertiary/aromatic N) is 7. The molecule has 0 amide bonds. The Morgan fingerprint density at radius 2 is 1.44 bits per heavy atom. The quantitative estimate of drug-likeness (QED) is 0.365. The molecule has 4 aromatic heterocycles. The van der Waals surface area contributed by atoms with E-state index in [0.717, 1.165) is 72.9 Å². The summed E-state index contributed by atoms with van der Waals surface area (Å²) in [4.78, 5) is 28.4. The predicted octanol–water partition coefficient (Wildman–Crippen LogP) is 4.96. The van der Waals surface area contributed by atoms with Gasteiger partial charge in [0.15, 0.2) is 11.5 Å². The van der Waals surface area contributed by atoms with Crippen molar-refractivity contribution in [3.63, 3.8) is 0 Å². The lowest BCUT2D eigenvalue weighted by Crippen LogP contribution is -2.47. The number of anilines is 2. The van der Waals surface area contributed by atoms with Gasteiger partial charge in [-0.05, 0) is 49.2 Å². The lowest BCUT2D eigenvalue weighted by molar-refractivity contribution is 0.480. The molecule has 7 nitrogen and oxygen atoms in total. The van der Waals surface area contributed by atoms with Crippen LogP contribution in [0.4, 0.5) is 11.6 Å². The maximum atomic E-state index is 4.96. The number of para-hydroxylation sites is 1. The van der Waals surface area contributed by atoms with Crippen molar-refractivity contribution in [1.82, 2.24) is 24.9 Å². The fraction of sp³-hybridized carbons (Fsp3) is 0.276. The first-order valence-electron chi connectivity index (χ1n) is 12.7. The summed E-state index contributed by atoms with van der Waals surface area (Å²) in [5.74, 6) is 2.86. The van der Waals surface area contributed by atoms with Crippen molar-refractivity contribution in [3.05, 3.63) is 90.6 Å². The highest BCUT2D eigenvalue weighted by molar-refractivity contribution is 5.78. The van der Waals surface area contributed by atoms with Crippen molar-refractivity contribution in [2.24, 2.45) is 0 Å². The Morgan fingerprint density at radius 3 is 2.36 bits per heavy atom. The fourth-order valence-electron chi connectivity index (χ4n) is 5.53. The smallest absolute Gasteiger partial charge is 0.161 e. The van der Waals surface area contributed by atoms with Crippen LogP contribution in [0.15, 0.2) is 79.3 Å². The molecule has 178 valence electrons. The first kappa shape index (κ1) is 21.2. The van der Waals surface area contributed by atoms with Gasteiger partial charge >= 0.3 is 0 Å². The molecule has 36 heavy (non-hydrogen) atoms. The molecule has 0 unspecified atom stereocenters. The minimum atomic E-state index is 0.356. The lowest BCUT2D eigenvalue weighted by atomic mass is 9.91. The van der Waals surface area contributed by atoms with Gasteiger partial charge in [-0.1, -0.05) is 24.3 Å². The summed E-state index contributed by atoms with van der Waals surface area (Å²) in [6.45, 7) is 3.74. The molecule has 0 spiro atoms. The standard InChI is InChI=1S/C29H27N7/c1-2-6-24-20(4-1)7-9-25(33-24)21-11-16-35(17-12-21)29-27(30-14-15-32-29)23-18-36(19-23)26-10-8-22-5-3-13-31-28(22)34-26/h1-10,13-15,21,23H,11-12,16-19H2. The van der Waals surface area contributed by atoms with E-state index in [9.17, 15) is 0 Å². The summed E-state index contributed by atoms with van der Waals surface area (Å²) >= 11 is 0. The van der Waals surface area contributed by atoms with Gasteiger partial charge in [0.25, 0.3) is 0 Å². The van der Waals surface area contributed by atoms with E-state index < -0.39 is 0 Å². The molecule has 7 heteroatoms. The molecule has 0 radical (unpaired) electrons. The molecule has 6 heterocycles. The second-order valence-corrected chi connectivity index (χ2v) is 9.78. The number of hydrogen-bond donors (Lipinski definition) is 0. The molecule has 5 aromatic rings. The van der Waals surface area contributed by atoms with Gasteiger partial charge in [-0.25, -0.2) is 15.0 Å². The molecule has 0 atom stereocenters. The van der Waals surface area contributed by atoms with Crippen LogP contribution in [0.1, 0.15) is 36.1 Å². The van der Waals surface area contributed by atoms with Gasteiger partial charge in [0.2, 0.25) is 0 Å². The topological polar surface area (TPSA) is 70.9 Å². The number of pyridine rings is 3. The summed E-state index contributed by atoms with van der Waals surface area (Å²) in [5, 5.41) is 2.27. The number of hydrogen-bond acceptors (Lipinski definition) is 7. The van der Waals surface area contributed by atoms with Crippen molar-refractivity contribution < 1.29 is 0 Å². The van der Waals surface area contributed by atoms with Crippen LogP contribution in [0.25, 0.3) is 21.9 Å².